The molecule has 1 heterocycles. The van der Waals surface area contributed by atoms with E-state index in [0.29, 0.717) is 34.7 Å². The van der Waals surface area contributed by atoms with E-state index >= 15 is 0 Å². The SMILES string of the molecule is COc1cccc(C(=O)n2nc(-c3ccc(C)cc3)nc2NCc2ccccc2Cl)c1. The normalized spacial score (nSPS) is 10.7. The van der Waals surface area contributed by atoms with E-state index in [-0.39, 0.29) is 5.91 Å². The van der Waals surface area contributed by atoms with Crippen LogP contribution in [0.4, 0.5) is 5.95 Å². The molecule has 6 nitrogen and oxygen atoms in total. The minimum atomic E-state index is -0.313. The molecule has 3 aromatic carbocycles. The molecule has 0 radical (unpaired) electrons. The number of hydrogen-bond donors (Lipinski definition) is 1. The van der Waals surface area contributed by atoms with Gasteiger partial charge in [0.2, 0.25) is 5.95 Å². The number of ether oxygens (including phenoxy) is 1. The molecule has 0 fully saturated rings. The van der Waals surface area contributed by atoms with E-state index in [1.165, 1.54) is 4.68 Å². The van der Waals surface area contributed by atoms with Crippen LogP contribution in [0, 0.1) is 6.92 Å². The van der Waals surface area contributed by atoms with Crippen molar-refractivity contribution in [1.29, 1.82) is 0 Å². The van der Waals surface area contributed by atoms with Crippen LogP contribution in [0.1, 0.15) is 21.5 Å². The van der Waals surface area contributed by atoms with Gasteiger partial charge < -0.3 is 10.1 Å². The second-order valence-corrected chi connectivity index (χ2v) is 7.43. The van der Waals surface area contributed by atoms with Gasteiger partial charge in [0.15, 0.2) is 5.82 Å². The molecule has 0 aliphatic carbocycles. The Kier molecular flexibility index (Phi) is 6.00. The molecule has 4 aromatic rings. The first kappa shape index (κ1) is 20.6. The van der Waals surface area contributed by atoms with Crippen LogP contribution in [0.5, 0.6) is 5.75 Å². The molecule has 0 spiro atoms. The number of aromatic nitrogens is 3. The number of halogens is 1. The van der Waals surface area contributed by atoms with Gasteiger partial charge in [0.05, 0.1) is 7.11 Å². The summed E-state index contributed by atoms with van der Waals surface area (Å²) in [6.07, 6.45) is 0. The first-order valence-corrected chi connectivity index (χ1v) is 10.1. The number of hydrogen-bond acceptors (Lipinski definition) is 5. The van der Waals surface area contributed by atoms with E-state index in [1.807, 2.05) is 55.5 Å². The van der Waals surface area contributed by atoms with Crippen LogP contribution in [0.15, 0.2) is 72.8 Å². The molecule has 1 aromatic heterocycles. The highest BCUT2D eigenvalue weighted by atomic mass is 35.5. The lowest BCUT2D eigenvalue weighted by Crippen LogP contribution is -2.17. The van der Waals surface area contributed by atoms with Gasteiger partial charge in [-0.1, -0.05) is 65.7 Å². The fourth-order valence-electron chi connectivity index (χ4n) is 3.09. The van der Waals surface area contributed by atoms with Gasteiger partial charge in [-0.05, 0) is 36.8 Å². The highest BCUT2D eigenvalue weighted by Crippen LogP contribution is 2.22. The van der Waals surface area contributed by atoms with Crippen molar-refractivity contribution in [2.45, 2.75) is 13.5 Å². The fraction of sp³-hybridized carbons (Fsp3) is 0.125. The lowest BCUT2D eigenvalue weighted by Gasteiger charge is -2.09. The number of nitrogens with one attached hydrogen (secondary N) is 1. The average molecular weight is 433 g/mol. The molecule has 0 aliphatic heterocycles. The van der Waals surface area contributed by atoms with Crippen LogP contribution in [0.2, 0.25) is 5.02 Å². The minimum Gasteiger partial charge on any atom is -0.497 e. The van der Waals surface area contributed by atoms with Gasteiger partial charge in [-0.2, -0.15) is 9.67 Å². The van der Waals surface area contributed by atoms with Crippen molar-refractivity contribution in [2.75, 3.05) is 12.4 Å². The molecule has 0 unspecified atom stereocenters. The smallest absolute Gasteiger partial charge is 0.281 e. The zero-order valence-electron chi connectivity index (χ0n) is 17.2. The van der Waals surface area contributed by atoms with Crippen molar-refractivity contribution in [2.24, 2.45) is 0 Å². The van der Waals surface area contributed by atoms with Crippen molar-refractivity contribution in [3.8, 4) is 17.1 Å². The Morgan fingerprint density at radius 3 is 2.58 bits per heavy atom. The second-order valence-electron chi connectivity index (χ2n) is 7.02. The summed E-state index contributed by atoms with van der Waals surface area (Å²) in [4.78, 5) is 17.8. The lowest BCUT2D eigenvalue weighted by molar-refractivity contribution is 0.0947. The largest absolute Gasteiger partial charge is 0.497 e. The van der Waals surface area contributed by atoms with Crippen LogP contribution in [-0.4, -0.2) is 27.8 Å². The third-order valence-corrected chi connectivity index (χ3v) is 5.19. The molecule has 0 saturated carbocycles. The Labute approximate surface area is 185 Å². The predicted octanol–water partition coefficient (Wildman–Crippen LogP) is 5.22. The monoisotopic (exact) mass is 432 g/mol. The molecular formula is C24H21ClN4O2. The molecule has 0 atom stereocenters. The molecule has 0 bridgehead atoms. The third kappa shape index (κ3) is 4.59. The summed E-state index contributed by atoms with van der Waals surface area (Å²) in [6, 6.07) is 22.3. The lowest BCUT2D eigenvalue weighted by atomic mass is 10.1. The van der Waals surface area contributed by atoms with Crippen molar-refractivity contribution >= 4 is 23.5 Å². The van der Waals surface area contributed by atoms with Crippen molar-refractivity contribution < 1.29 is 9.53 Å². The average Bonchev–Trinajstić information content (AvgIpc) is 3.22. The first-order valence-electron chi connectivity index (χ1n) is 9.75. The summed E-state index contributed by atoms with van der Waals surface area (Å²) in [5.74, 6) is 1.07. The van der Waals surface area contributed by atoms with Crippen LogP contribution in [0.25, 0.3) is 11.4 Å². The molecule has 0 aliphatic rings. The molecule has 156 valence electrons. The Bertz CT molecular complexity index is 1220. The minimum absolute atomic E-state index is 0.313. The first-order chi connectivity index (χ1) is 15.0. The molecule has 7 heteroatoms. The number of carbonyl (C=O) groups is 1. The van der Waals surface area contributed by atoms with E-state index < -0.39 is 0 Å². The van der Waals surface area contributed by atoms with Crippen molar-refractivity contribution in [3.05, 3.63) is 94.5 Å². The van der Waals surface area contributed by atoms with Crippen LogP contribution in [-0.2, 0) is 6.54 Å². The van der Waals surface area contributed by atoms with Gasteiger partial charge in [-0.25, -0.2) is 0 Å². The van der Waals surface area contributed by atoms with Crippen molar-refractivity contribution in [1.82, 2.24) is 14.8 Å². The number of methoxy groups -OCH3 is 1. The maximum absolute atomic E-state index is 13.3. The van der Waals surface area contributed by atoms with Gasteiger partial charge in [0.1, 0.15) is 5.75 Å². The van der Waals surface area contributed by atoms with E-state index in [1.54, 1.807) is 31.4 Å². The van der Waals surface area contributed by atoms with Gasteiger partial charge in [0.25, 0.3) is 5.91 Å². The van der Waals surface area contributed by atoms with Crippen LogP contribution in [0.3, 0.4) is 0 Å². The highest BCUT2D eigenvalue weighted by Gasteiger charge is 2.19. The second kappa shape index (κ2) is 9.02. The molecule has 31 heavy (non-hydrogen) atoms. The summed E-state index contributed by atoms with van der Waals surface area (Å²) >= 11 is 6.27. The van der Waals surface area contributed by atoms with E-state index in [9.17, 15) is 4.79 Å². The summed E-state index contributed by atoms with van der Waals surface area (Å²) in [5.41, 5.74) is 3.29. The maximum Gasteiger partial charge on any atom is 0.281 e. The van der Waals surface area contributed by atoms with Gasteiger partial charge in [0, 0.05) is 22.7 Å². The Balaban J connectivity index is 1.71. The summed E-state index contributed by atoms with van der Waals surface area (Å²) in [6.45, 7) is 2.41. The van der Waals surface area contributed by atoms with Crippen LogP contribution < -0.4 is 10.1 Å². The molecule has 0 saturated heterocycles. The molecular weight excluding hydrogens is 412 g/mol. The zero-order chi connectivity index (χ0) is 21.8. The summed E-state index contributed by atoms with van der Waals surface area (Å²) < 4.78 is 6.53. The standard InChI is InChI=1S/C24H21ClN4O2/c1-16-10-12-17(13-11-16)22-27-24(26-15-19-6-3-4-9-21(19)25)29(28-22)23(30)18-7-5-8-20(14-18)31-2/h3-14H,15H2,1-2H3,(H,26,27,28). The molecule has 4 rings (SSSR count). The Morgan fingerprint density at radius 2 is 1.84 bits per heavy atom. The number of carbonyl (C=O) groups excluding carboxylic acids is 1. The number of rotatable bonds is 6. The number of benzene rings is 3. The fourth-order valence-corrected chi connectivity index (χ4v) is 3.29. The van der Waals surface area contributed by atoms with Gasteiger partial charge >= 0.3 is 0 Å². The van der Waals surface area contributed by atoms with E-state index in [4.69, 9.17) is 16.3 Å². The Hall–Kier alpha value is -3.64. The zero-order valence-corrected chi connectivity index (χ0v) is 17.9. The third-order valence-electron chi connectivity index (χ3n) is 4.82. The van der Waals surface area contributed by atoms with Gasteiger partial charge in [-0.3, -0.25) is 4.79 Å². The molecule has 1 N–H and O–H groups in total. The number of aryl methyl sites for hydroxylation is 1. The maximum atomic E-state index is 13.3. The predicted molar refractivity (Wildman–Crippen MR) is 122 cm³/mol. The Morgan fingerprint density at radius 1 is 1.06 bits per heavy atom. The number of nitrogens with zero attached hydrogens (tertiary/aromatic N) is 3. The van der Waals surface area contributed by atoms with E-state index in [0.717, 1.165) is 16.7 Å². The topological polar surface area (TPSA) is 69.0 Å². The number of anilines is 1. The summed E-state index contributed by atoms with van der Waals surface area (Å²) in [7, 11) is 1.56. The van der Waals surface area contributed by atoms with Crippen molar-refractivity contribution in [3.63, 3.8) is 0 Å². The van der Waals surface area contributed by atoms with Crippen LogP contribution >= 0.6 is 11.6 Å². The quantitative estimate of drug-likeness (QED) is 0.452. The van der Waals surface area contributed by atoms with Gasteiger partial charge in [-0.15, -0.1) is 5.10 Å². The molecule has 0 amide bonds. The highest BCUT2D eigenvalue weighted by molar-refractivity contribution is 6.31. The van der Waals surface area contributed by atoms with E-state index in [2.05, 4.69) is 15.4 Å². The summed E-state index contributed by atoms with van der Waals surface area (Å²) in [5, 5.41) is 8.34.